The van der Waals surface area contributed by atoms with E-state index < -0.39 is 41.1 Å². The Hall–Kier alpha value is -1.42. The molecule has 0 aliphatic carbocycles. The molecular weight excluding hydrogens is 342 g/mol. The van der Waals surface area contributed by atoms with Crippen LogP contribution in [0.4, 0.5) is 23.2 Å². The number of rotatable bonds is 4. The molecule has 10 heteroatoms. The van der Waals surface area contributed by atoms with E-state index >= 15 is 0 Å². The molecule has 5 nitrogen and oxygen atoms in total. The highest BCUT2D eigenvalue weighted by Gasteiger charge is 2.39. The van der Waals surface area contributed by atoms with E-state index in [1.54, 1.807) is 0 Å². The van der Waals surface area contributed by atoms with Gasteiger partial charge in [0.1, 0.15) is 12.4 Å². The molecule has 0 bridgehead atoms. The second-order valence-corrected chi connectivity index (χ2v) is 4.21. The van der Waals surface area contributed by atoms with Crippen molar-refractivity contribution < 1.29 is 32.3 Å². The summed E-state index contributed by atoms with van der Waals surface area (Å²) in [5.74, 6) is -1.64. The Balaban J connectivity index is 2.95. The molecule has 0 aliphatic heterocycles. The first kappa shape index (κ1) is 15.6. The van der Waals surface area contributed by atoms with Gasteiger partial charge in [0, 0.05) is 12.1 Å². The molecule has 0 fully saturated rings. The van der Waals surface area contributed by atoms with Gasteiger partial charge in [-0.1, -0.05) is 0 Å². The summed E-state index contributed by atoms with van der Waals surface area (Å²) in [7, 11) is 0. The monoisotopic (exact) mass is 347 g/mol. The molecule has 19 heavy (non-hydrogen) atoms. The average molecular weight is 348 g/mol. The molecule has 0 unspecified atom stereocenters. The predicted molar refractivity (Wildman–Crippen MR) is 58.3 cm³/mol. The van der Waals surface area contributed by atoms with Crippen molar-refractivity contribution in [1.29, 1.82) is 0 Å². The van der Waals surface area contributed by atoms with Gasteiger partial charge in [-0.15, -0.1) is 0 Å². The fourth-order valence-electron chi connectivity index (χ4n) is 1.04. The summed E-state index contributed by atoms with van der Waals surface area (Å²) in [6.07, 6.45) is -7.75. The largest absolute Gasteiger partial charge is 0.484 e. The molecule has 106 valence electrons. The van der Waals surface area contributed by atoms with Crippen LogP contribution in [0.1, 0.15) is 0 Å². The standard InChI is InChI=1S/C9H6BrF4NO4/c10-4-1-6(15(17)18)7(2-5(4)11)19-3-8(16)9(12,13)14/h1-2,8,16H,3H2/t8-/m1/s1. The summed E-state index contributed by atoms with van der Waals surface area (Å²) >= 11 is 2.70. The summed E-state index contributed by atoms with van der Waals surface area (Å²) < 4.78 is 53.4. The van der Waals surface area contributed by atoms with Crippen molar-refractivity contribution in [1.82, 2.24) is 0 Å². The van der Waals surface area contributed by atoms with Crippen LogP contribution in [0.2, 0.25) is 0 Å². The number of alkyl halides is 3. The van der Waals surface area contributed by atoms with Crippen LogP contribution in [0, 0.1) is 15.9 Å². The van der Waals surface area contributed by atoms with Crippen LogP contribution in [0.25, 0.3) is 0 Å². The van der Waals surface area contributed by atoms with Crippen molar-refractivity contribution in [2.45, 2.75) is 12.3 Å². The minimum absolute atomic E-state index is 0.233. The molecule has 1 aromatic rings. The number of nitrogens with zero attached hydrogens (tertiary/aromatic N) is 1. The number of halogens is 5. The molecule has 0 aliphatic rings. The first-order chi connectivity index (χ1) is 8.62. The predicted octanol–water partition coefficient (Wildman–Crippen LogP) is 2.80. The van der Waals surface area contributed by atoms with Crippen LogP contribution >= 0.6 is 15.9 Å². The Labute approximate surface area is 112 Å². The normalized spacial score (nSPS) is 13.2. The summed E-state index contributed by atoms with van der Waals surface area (Å²) in [6.45, 7) is -1.27. The minimum atomic E-state index is -4.93. The number of hydrogen-bond acceptors (Lipinski definition) is 4. The van der Waals surface area contributed by atoms with E-state index in [9.17, 15) is 27.7 Å². The number of aliphatic hydroxyl groups is 1. The van der Waals surface area contributed by atoms with Crippen molar-refractivity contribution in [3.05, 3.63) is 32.5 Å². The van der Waals surface area contributed by atoms with Gasteiger partial charge in [-0.3, -0.25) is 10.1 Å². The number of benzene rings is 1. The molecule has 0 aromatic heterocycles. The van der Waals surface area contributed by atoms with Crippen molar-refractivity contribution in [2.75, 3.05) is 6.61 Å². The highest BCUT2D eigenvalue weighted by Crippen LogP contribution is 2.33. The second-order valence-electron chi connectivity index (χ2n) is 3.36. The molecule has 1 N–H and O–H groups in total. The lowest BCUT2D eigenvalue weighted by Gasteiger charge is -2.15. The highest BCUT2D eigenvalue weighted by molar-refractivity contribution is 9.10. The zero-order valence-corrected chi connectivity index (χ0v) is 10.5. The maximum atomic E-state index is 13.1. The third-order valence-electron chi connectivity index (χ3n) is 1.97. The number of nitro groups is 1. The quantitative estimate of drug-likeness (QED) is 0.516. The third kappa shape index (κ3) is 4.03. The van der Waals surface area contributed by atoms with Crippen molar-refractivity contribution >= 4 is 21.6 Å². The molecular formula is C9H6BrF4NO4. The van der Waals surface area contributed by atoms with Crippen molar-refractivity contribution in [3.8, 4) is 5.75 Å². The van der Waals surface area contributed by atoms with Crippen LogP contribution in [-0.2, 0) is 0 Å². The molecule has 0 amide bonds. The van der Waals surface area contributed by atoms with E-state index in [0.717, 1.165) is 6.07 Å². The number of nitro benzene ring substituents is 1. The van der Waals surface area contributed by atoms with E-state index in [1.165, 1.54) is 0 Å². The van der Waals surface area contributed by atoms with Gasteiger partial charge in [0.2, 0.25) is 0 Å². The van der Waals surface area contributed by atoms with Crippen LogP contribution in [0.15, 0.2) is 16.6 Å². The Morgan fingerprint density at radius 1 is 1.47 bits per heavy atom. The Morgan fingerprint density at radius 2 is 2.05 bits per heavy atom. The fraction of sp³-hybridized carbons (Fsp3) is 0.333. The number of aliphatic hydroxyl groups excluding tert-OH is 1. The van der Waals surface area contributed by atoms with Gasteiger partial charge in [0.25, 0.3) is 0 Å². The van der Waals surface area contributed by atoms with Gasteiger partial charge in [-0.25, -0.2) is 4.39 Å². The zero-order valence-electron chi connectivity index (χ0n) is 8.95. The SMILES string of the molecule is O=[N+]([O-])c1cc(Br)c(F)cc1OC[C@@H](O)C(F)(F)F. The molecule has 0 heterocycles. The first-order valence-corrected chi connectivity index (χ1v) is 5.43. The van der Waals surface area contributed by atoms with Crippen LogP contribution in [-0.4, -0.2) is 28.9 Å². The van der Waals surface area contributed by atoms with E-state index in [4.69, 9.17) is 5.11 Å². The smallest absolute Gasteiger partial charge is 0.417 e. The molecule has 1 aromatic carbocycles. The summed E-state index contributed by atoms with van der Waals surface area (Å²) in [5, 5.41) is 19.3. The molecule has 0 spiro atoms. The lowest BCUT2D eigenvalue weighted by atomic mass is 10.3. The van der Waals surface area contributed by atoms with Crippen LogP contribution < -0.4 is 4.74 Å². The lowest BCUT2D eigenvalue weighted by Crippen LogP contribution is -2.34. The van der Waals surface area contributed by atoms with Gasteiger partial charge in [0.05, 0.1) is 9.40 Å². The molecule has 1 atom stereocenters. The van der Waals surface area contributed by atoms with E-state index in [1.807, 2.05) is 0 Å². The van der Waals surface area contributed by atoms with Gasteiger partial charge >= 0.3 is 11.9 Å². The Kier molecular flexibility index (Phi) is 4.69. The van der Waals surface area contributed by atoms with Gasteiger partial charge < -0.3 is 9.84 Å². The molecule has 1 rings (SSSR count). The van der Waals surface area contributed by atoms with Gasteiger partial charge in [0.15, 0.2) is 11.9 Å². The van der Waals surface area contributed by atoms with E-state index in [2.05, 4.69) is 20.7 Å². The number of ether oxygens (including phenoxy) is 1. The van der Waals surface area contributed by atoms with Crippen molar-refractivity contribution in [2.24, 2.45) is 0 Å². The maximum absolute atomic E-state index is 13.1. The summed E-state index contributed by atoms with van der Waals surface area (Å²) in [4.78, 5) is 9.68. The lowest BCUT2D eigenvalue weighted by molar-refractivity contribution is -0.386. The second kappa shape index (κ2) is 5.70. The van der Waals surface area contributed by atoms with E-state index in [-0.39, 0.29) is 4.47 Å². The zero-order chi connectivity index (χ0) is 14.8. The van der Waals surface area contributed by atoms with Gasteiger partial charge in [-0.2, -0.15) is 13.2 Å². The topological polar surface area (TPSA) is 72.6 Å². The maximum Gasteiger partial charge on any atom is 0.417 e. The number of hydrogen-bond donors (Lipinski definition) is 1. The molecule has 0 saturated heterocycles. The van der Waals surface area contributed by atoms with Crippen molar-refractivity contribution in [3.63, 3.8) is 0 Å². The molecule has 0 radical (unpaired) electrons. The van der Waals surface area contributed by atoms with E-state index in [0.29, 0.717) is 6.07 Å². The first-order valence-electron chi connectivity index (χ1n) is 4.64. The minimum Gasteiger partial charge on any atom is -0.484 e. The molecule has 0 saturated carbocycles. The Bertz CT molecular complexity index is 494. The average Bonchev–Trinajstić information content (AvgIpc) is 2.28. The Morgan fingerprint density at radius 3 is 2.53 bits per heavy atom. The van der Waals surface area contributed by atoms with Crippen LogP contribution in [0.3, 0.4) is 0 Å². The summed E-state index contributed by atoms with van der Waals surface area (Å²) in [6, 6.07) is 1.32. The fourth-order valence-corrected chi connectivity index (χ4v) is 1.37. The van der Waals surface area contributed by atoms with Crippen LogP contribution in [0.5, 0.6) is 5.75 Å². The summed E-state index contributed by atoms with van der Waals surface area (Å²) in [5.41, 5.74) is -0.720. The van der Waals surface area contributed by atoms with Gasteiger partial charge in [-0.05, 0) is 15.9 Å². The highest BCUT2D eigenvalue weighted by atomic mass is 79.9. The third-order valence-corrected chi connectivity index (χ3v) is 2.58.